The largest absolute Gasteiger partial charge is 0.493 e. The maximum Gasteiger partial charge on any atom is 0.122 e. The molecule has 0 bridgehead atoms. The Morgan fingerprint density at radius 1 is 1.26 bits per heavy atom. The first-order valence-corrected chi connectivity index (χ1v) is 6.67. The highest BCUT2D eigenvalue weighted by Gasteiger charge is 2.00. The van der Waals surface area contributed by atoms with Crippen LogP contribution in [-0.2, 0) is 13.0 Å². The van der Waals surface area contributed by atoms with Crippen LogP contribution in [-0.4, -0.2) is 16.2 Å². The van der Waals surface area contributed by atoms with E-state index in [1.165, 1.54) is 5.56 Å². The Kier molecular flexibility index (Phi) is 5.23. The van der Waals surface area contributed by atoms with Gasteiger partial charge in [-0.1, -0.05) is 24.3 Å². The van der Waals surface area contributed by atoms with Gasteiger partial charge in [0, 0.05) is 18.9 Å². The van der Waals surface area contributed by atoms with Gasteiger partial charge in [0.25, 0.3) is 0 Å². The Morgan fingerprint density at radius 3 is 2.95 bits per heavy atom. The molecule has 3 nitrogen and oxygen atoms in total. The van der Waals surface area contributed by atoms with Crippen LogP contribution in [0.15, 0.2) is 55.6 Å². The van der Waals surface area contributed by atoms with Gasteiger partial charge in [0.1, 0.15) is 5.75 Å². The van der Waals surface area contributed by atoms with E-state index >= 15 is 0 Å². The second-order valence-electron chi connectivity index (χ2n) is 4.46. The average Bonchev–Trinajstić information content (AvgIpc) is 2.94. The Balaban J connectivity index is 1.72. The highest BCUT2D eigenvalue weighted by Crippen LogP contribution is 2.19. The summed E-state index contributed by atoms with van der Waals surface area (Å²) < 4.78 is 7.93. The molecular weight excluding hydrogens is 236 g/mol. The lowest BCUT2D eigenvalue weighted by Gasteiger charge is -2.10. The first-order valence-electron chi connectivity index (χ1n) is 6.67. The van der Waals surface area contributed by atoms with Crippen molar-refractivity contribution in [2.45, 2.75) is 25.8 Å². The van der Waals surface area contributed by atoms with Crippen LogP contribution in [0.5, 0.6) is 5.75 Å². The van der Waals surface area contributed by atoms with Crippen LogP contribution in [0.3, 0.4) is 0 Å². The summed E-state index contributed by atoms with van der Waals surface area (Å²) in [4.78, 5) is 4.02. The summed E-state index contributed by atoms with van der Waals surface area (Å²) in [5.41, 5.74) is 1.20. The van der Waals surface area contributed by atoms with Gasteiger partial charge in [0.15, 0.2) is 0 Å². The molecule has 0 amide bonds. The molecule has 100 valence electrons. The number of unbranched alkanes of at least 4 members (excludes halogenated alkanes) is 1. The molecule has 0 aliphatic carbocycles. The van der Waals surface area contributed by atoms with Crippen LogP contribution in [0, 0.1) is 0 Å². The normalized spacial score (nSPS) is 10.3. The van der Waals surface area contributed by atoms with Crippen LogP contribution in [0.2, 0.25) is 0 Å². The van der Waals surface area contributed by atoms with Gasteiger partial charge in [-0.25, -0.2) is 4.98 Å². The summed E-state index contributed by atoms with van der Waals surface area (Å²) in [5.74, 6) is 0.977. The number of allylic oxidation sites excluding steroid dienone is 1. The predicted octanol–water partition coefficient (Wildman–Crippen LogP) is 3.47. The molecule has 19 heavy (non-hydrogen) atoms. The van der Waals surface area contributed by atoms with Gasteiger partial charge in [-0.3, -0.25) is 0 Å². The number of imidazole rings is 1. The number of hydrogen-bond donors (Lipinski definition) is 0. The second kappa shape index (κ2) is 7.41. The number of benzene rings is 1. The molecule has 3 heteroatoms. The molecular formula is C16H20N2O. The van der Waals surface area contributed by atoms with E-state index < -0.39 is 0 Å². The van der Waals surface area contributed by atoms with Crippen LogP contribution >= 0.6 is 0 Å². The van der Waals surface area contributed by atoms with Crippen molar-refractivity contribution in [3.63, 3.8) is 0 Å². The predicted molar refractivity (Wildman–Crippen MR) is 77.3 cm³/mol. The fourth-order valence-corrected chi connectivity index (χ4v) is 1.97. The Hall–Kier alpha value is -2.03. The van der Waals surface area contributed by atoms with E-state index in [-0.39, 0.29) is 0 Å². The lowest BCUT2D eigenvalue weighted by Crippen LogP contribution is -2.02. The van der Waals surface area contributed by atoms with Gasteiger partial charge >= 0.3 is 0 Å². The molecule has 0 unspecified atom stereocenters. The van der Waals surface area contributed by atoms with Gasteiger partial charge in [0.05, 0.1) is 12.9 Å². The van der Waals surface area contributed by atoms with Crippen molar-refractivity contribution in [2.24, 2.45) is 0 Å². The van der Waals surface area contributed by atoms with E-state index in [4.69, 9.17) is 4.74 Å². The summed E-state index contributed by atoms with van der Waals surface area (Å²) in [6.07, 6.45) is 10.5. The first-order chi connectivity index (χ1) is 9.40. The minimum absolute atomic E-state index is 0.753. The second-order valence-corrected chi connectivity index (χ2v) is 4.46. The summed E-state index contributed by atoms with van der Waals surface area (Å²) in [6.45, 7) is 5.52. The monoisotopic (exact) mass is 256 g/mol. The standard InChI is InChI=1S/C16H20N2O/c1-2-7-15-8-3-4-9-16(15)19-13-6-5-11-18-12-10-17-14-18/h2-4,8-10,12,14H,1,5-7,11,13H2. The molecule has 0 aliphatic heterocycles. The molecule has 1 aromatic carbocycles. The van der Waals surface area contributed by atoms with Crippen LogP contribution in [0.25, 0.3) is 0 Å². The zero-order chi connectivity index (χ0) is 13.3. The maximum atomic E-state index is 5.84. The number of aryl methyl sites for hydroxylation is 1. The molecule has 1 heterocycles. The number of ether oxygens (including phenoxy) is 1. The highest BCUT2D eigenvalue weighted by molar-refractivity contribution is 5.34. The fourth-order valence-electron chi connectivity index (χ4n) is 1.97. The van der Waals surface area contributed by atoms with E-state index in [1.807, 2.05) is 43.0 Å². The summed E-state index contributed by atoms with van der Waals surface area (Å²) >= 11 is 0. The highest BCUT2D eigenvalue weighted by atomic mass is 16.5. The van der Waals surface area contributed by atoms with Crippen molar-refractivity contribution in [3.05, 3.63) is 61.2 Å². The van der Waals surface area contributed by atoms with Crippen molar-refractivity contribution in [2.75, 3.05) is 6.61 Å². The Bertz CT molecular complexity index is 491. The van der Waals surface area contributed by atoms with Crippen LogP contribution in [0.1, 0.15) is 18.4 Å². The van der Waals surface area contributed by atoms with E-state index in [9.17, 15) is 0 Å². The summed E-state index contributed by atoms with van der Waals surface area (Å²) in [5, 5.41) is 0. The van der Waals surface area contributed by atoms with Gasteiger partial charge in [0.2, 0.25) is 0 Å². The summed E-state index contributed by atoms with van der Waals surface area (Å²) in [7, 11) is 0. The number of rotatable bonds is 8. The molecule has 2 aromatic rings. The fraction of sp³-hybridized carbons (Fsp3) is 0.312. The smallest absolute Gasteiger partial charge is 0.122 e. The minimum atomic E-state index is 0.753. The molecule has 0 fully saturated rings. The SMILES string of the molecule is C=CCc1ccccc1OCCCCn1ccnc1. The van der Waals surface area contributed by atoms with Crippen molar-refractivity contribution in [1.82, 2.24) is 9.55 Å². The molecule has 0 atom stereocenters. The number of para-hydroxylation sites is 1. The van der Waals surface area contributed by atoms with Crippen molar-refractivity contribution in [3.8, 4) is 5.75 Å². The van der Waals surface area contributed by atoms with Gasteiger partial charge < -0.3 is 9.30 Å². The quantitative estimate of drug-likeness (QED) is 0.534. The van der Waals surface area contributed by atoms with E-state index in [1.54, 1.807) is 0 Å². The molecule has 1 aromatic heterocycles. The van der Waals surface area contributed by atoms with Crippen molar-refractivity contribution in [1.29, 1.82) is 0 Å². The third-order valence-corrected chi connectivity index (χ3v) is 2.96. The maximum absolute atomic E-state index is 5.84. The van der Waals surface area contributed by atoms with Gasteiger partial charge in [-0.15, -0.1) is 6.58 Å². The van der Waals surface area contributed by atoms with Crippen molar-refractivity contribution < 1.29 is 4.74 Å². The lowest BCUT2D eigenvalue weighted by molar-refractivity contribution is 0.301. The summed E-state index contributed by atoms with van der Waals surface area (Å²) in [6, 6.07) is 8.15. The molecule has 0 aliphatic rings. The average molecular weight is 256 g/mol. The minimum Gasteiger partial charge on any atom is -0.493 e. The number of hydrogen-bond acceptors (Lipinski definition) is 2. The van der Waals surface area contributed by atoms with E-state index in [0.29, 0.717) is 0 Å². The van der Waals surface area contributed by atoms with Gasteiger partial charge in [-0.05, 0) is 30.9 Å². The van der Waals surface area contributed by atoms with E-state index in [2.05, 4.69) is 22.2 Å². The lowest BCUT2D eigenvalue weighted by atomic mass is 10.1. The first kappa shape index (κ1) is 13.4. The van der Waals surface area contributed by atoms with Gasteiger partial charge in [-0.2, -0.15) is 0 Å². The molecule has 0 saturated carbocycles. The Labute approximate surface area is 114 Å². The third-order valence-electron chi connectivity index (χ3n) is 2.96. The van der Waals surface area contributed by atoms with Crippen molar-refractivity contribution >= 4 is 0 Å². The number of aromatic nitrogens is 2. The molecule has 2 rings (SSSR count). The zero-order valence-corrected chi connectivity index (χ0v) is 11.2. The Morgan fingerprint density at radius 2 is 2.16 bits per heavy atom. The molecule has 0 radical (unpaired) electrons. The number of nitrogens with zero attached hydrogens (tertiary/aromatic N) is 2. The zero-order valence-electron chi connectivity index (χ0n) is 11.2. The molecule has 0 N–H and O–H groups in total. The van der Waals surface area contributed by atoms with E-state index in [0.717, 1.165) is 38.2 Å². The molecule has 0 spiro atoms. The third kappa shape index (κ3) is 4.28. The molecule has 0 saturated heterocycles. The van der Waals surface area contributed by atoms with Crippen LogP contribution < -0.4 is 4.74 Å². The topological polar surface area (TPSA) is 27.1 Å². The van der Waals surface area contributed by atoms with Crippen LogP contribution in [0.4, 0.5) is 0 Å².